The Morgan fingerprint density at radius 3 is 2.48 bits per heavy atom. The first-order chi connectivity index (χ1) is 9.78. The molecule has 1 heterocycles. The van der Waals surface area contributed by atoms with Crippen molar-refractivity contribution >= 4 is 22.5 Å². The van der Waals surface area contributed by atoms with Crippen LogP contribution >= 0.6 is 11.6 Å². The van der Waals surface area contributed by atoms with Crippen LogP contribution < -0.4 is 5.56 Å². The number of halogens is 4. The van der Waals surface area contributed by atoms with Crippen molar-refractivity contribution in [1.82, 2.24) is 9.55 Å². The lowest BCUT2D eigenvalue weighted by Crippen LogP contribution is -2.43. The molecule has 7 heteroatoms. The SMILES string of the molecule is CC(Cl)c1nc2ccccc2c(=O)n1C1(C(F)(F)F)CC1. The molecule has 112 valence electrons. The average Bonchev–Trinajstić information content (AvgIpc) is 3.19. The van der Waals surface area contributed by atoms with E-state index in [0.717, 1.165) is 4.57 Å². The van der Waals surface area contributed by atoms with E-state index in [0.29, 0.717) is 5.52 Å². The predicted octanol–water partition coefficient (Wildman–Crippen LogP) is 3.75. The van der Waals surface area contributed by atoms with Crippen molar-refractivity contribution in [1.29, 1.82) is 0 Å². The molecule has 0 saturated heterocycles. The second-order valence-electron chi connectivity index (χ2n) is 5.27. The first kappa shape index (κ1) is 14.4. The highest BCUT2D eigenvalue weighted by Crippen LogP contribution is 2.55. The molecular formula is C14H12ClF3N2O. The molecule has 3 rings (SSSR count). The Hall–Kier alpha value is -1.56. The van der Waals surface area contributed by atoms with Crippen LogP contribution in [0.3, 0.4) is 0 Å². The van der Waals surface area contributed by atoms with E-state index in [2.05, 4.69) is 4.98 Å². The normalized spacial score (nSPS) is 18.7. The molecule has 0 bridgehead atoms. The summed E-state index contributed by atoms with van der Waals surface area (Å²) < 4.78 is 40.9. The van der Waals surface area contributed by atoms with E-state index >= 15 is 0 Å². The Labute approximate surface area is 123 Å². The van der Waals surface area contributed by atoms with E-state index in [4.69, 9.17) is 11.6 Å². The van der Waals surface area contributed by atoms with Crippen LogP contribution in [0.1, 0.15) is 31.0 Å². The number of aromatic nitrogens is 2. The number of fused-ring (bicyclic) bond motifs is 1. The summed E-state index contributed by atoms with van der Waals surface area (Å²) in [5.74, 6) is -0.0322. The van der Waals surface area contributed by atoms with Crippen molar-refractivity contribution in [3.63, 3.8) is 0 Å². The Kier molecular flexibility index (Phi) is 3.06. The Balaban J connectivity index is 2.39. The van der Waals surface area contributed by atoms with Gasteiger partial charge in [-0.3, -0.25) is 9.36 Å². The van der Waals surface area contributed by atoms with Gasteiger partial charge in [-0.25, -0.2) is 4.98 Å². The molecule has 2 aromatic rings. The van der Waals surface area contributed by atoms with Crippen molar-refractivity contribution in [2.75, 3.05) is 0 Å². The van der Waals surface area contributed by atoms with Crippen LogP contribution in [0.4, 0.5) is 13.2 Å². The fraction of sp³-hybridized carbons (Fsp3) is 0.429. The molecule has 3 nitrogen and oxygen atoms in total. The second-order valence-corrected chi connectivity index (χ2v) is 5.93. The summed E-state index contributed by atoms with van der Waals surface area (Å²) in [5.41, 5.74) is -2.48. The zero-order valence-corrected chi connectivity index (χ0v) is 11.9. The maximum Gasteiger partial charge on any atom is 0.412 e. The van der Waals surface area contributed by atoms with E-state index in [1.165, 1.54) is 13.0 Å². The third-order valence-electron chi connectivity index (χ3n) is 3.84. The molecule has 1 fully saturated rings. The van der Waals surface area contributed by atoms with Crippen LogP contribution in [-0.4, -0.2) is 15.7 Å². The summed E-state index contributed by atoms with van der Waals surface area (Å²) in [5, 5.41) is -0.615. The molecule has 0 N–H and O–H groups in total. The molecule has 1 aromatic carbocycles. The third kappa shape index (κ3) is 2.04. The van der Waals surface area contributed by atoms with Crippen molar-refractivity contribution in [3.8, 4) is 0 Å². The van der Waals surface area contributed by atoms with Crippen LogP contribution in [0, 0.1) is 0 Å². The first-order valence-electron chi connectivity index (χ1n) is 6.51. The van der Waals surface area contributed by atoms with Gasteiger partial charge < -0.3 is 0 Å². The zero-order valence-electron chi connectivity index (χ0n) is 11.1. The topological polar surface area (TPSA) is 34.9 Å². The Morgan fingerprint density at radius 1 is 1.33 bits per heavy atom. The molecule has 1 atom stereocenters. The molecule has 0 radical (unpaired) electrons. The molecule has 1 aliphatic rings. The fourth-order valence-electron chi connectivity index (χ4n) is 2.58. The van der Waals surface area contributed by atoms with Gasteiger partial charge in [0.25, 0.3) is 5.56 Å². The van der Waals surface area contributed by atoms with Gasteiger partial charge in [0.2, 0.25) is 0 Å². The number of para-hydroxylation sites is 1. The average molecular weight is 317 g/mol. The van der Waals surface area contributed by atoms with Crippen molar-refractivity contribution in [3.05, 3.63) is 40.4 Å². The number of hydrogen-bond donors (Lipinski definition) is 0. The second kappa shape index (κ2) is 4.47. The lowest BCUT2D eigenvalue weighted by atomic mass is 10.2. The minimum absolute atomic E-state index is 0.0322. The van der Waals surface area contributed by atoms with Crippen LogP contribution in [0.2, 0.25) is 0 Å². The summed E-state index contributed by atoms with van der Waals surface area (Å²) in [7, 11) is 0. The maximum absolute atomic E-state index is 13.4. The van der Waals surface area contributed by atoms with E-state index in [9.17, 15) is 18.0 Å². The third-order valence-corrected chi connectivity index (χ3v) is 4.03. The number of nitrogens with zero attached hydrogens (tertiary/aromatic N) is 2. The lowest BCUT2D eigenvalue weighted by Gasteiger charge is -2.25. The van der Waals surface area contributed by atoms with Gasteiger partial charge in [0.15, 0.2) is 0 Å². The summed E-state index contributed by atoms with van der Waals surface area (Å²) in [6.45, 7) is 1.51. The highest BCUT2D eigenvalue weighted by atomic mass is 35.5. The van der Waals surface area contributed by atoms with Gasteiger partial charge in [-0.2, -0.15) is 13.2 Å². The molecule has 1 unspecified atom stereocenters. The quantitative estimate of drug-likeness (QED) is 0.791. The van der Waals surface area contributed by atoms with Crippen molar-refractivity contribution in [2.45, 2.75) is 36.9 Å². The van der Waals surface area contributed by atoms with E-state index < -0.39 is 22.7 Å². The fourth-order valence-corrected chi connectivity index (χ4v) is 2.73. The monoisotopic (exact) mass is 316 g/mol. The van der Waals surface area contributed by atoms with Crippen LogP contribution in [-0.2, 0) is 5.54 Å². The van der Waals surface area contributed by atoms with Gasteiger partial charge in [-0.15, -0.1) is 11.6 Å². The standard InChI is InChI=1S/C14H12ClF3N2O/c1-8(15)11-19-10-5-3-2-4-9(10)12(21)20(11)13(6-7-13)14(16,17)18/h2-5,8H,6-7H2,1H3. The molecule has 1 aliphatic carbocycles. The first-order valence-corrected chi connectivity index (χ1v) is 6.94. The molecular weight excluding hydrogens is 305 g/mol. The van der Waals surface area contributed by atoms with E-state index in [-0.39, 0.29) is 24.1 Å². The van der Waals surface area contributed by atoms with Gasteiger partial charge in [-0.05, 0) is 31.9 Å². The zero-order chi connectivity index (χ0) is 15.4. The molecule has 0 aliphatic heterocycles. The van der Waals surface area contributed by atoms with Gasteiger partial charge >= 0.3 is 6.18 Å². The van der Waals surface area contributed by atoms with Gasteiger partial charge in [0, 0.05) is 0 Å². The smallest absolute Gasteiger partial charge is 0.279 e. The summed E-state index contributed by atoms with van der Waals surface area (Å²) in [6, 6.07) is 6.36. The minimum Gasteiger partial charge on any atom is -0.279 e. The van der Waals surface area contributed by atoms with Crippen LogP contribution in [0.25, 0.3) is 10.9 Å². The van der Waals surface area contributed by atoms with Gasteiger partial charge in [0.05, 0.1) is 16.3 Å². The Morgan fingerprint density at radius 2 is 1.95 bits per heavy atom. The van der Waals surface area contributed by atoms with Crippen LogP contribution in [0.15, 0.2) is 29.1 Å². The van der Waals surface area contributed by atoms with E-state index in [1.54, 1.807) is 18.2 Å². The highest BCUT2D eigenvalue weighted by molar-refractivity contribution is 6.20. The molecule has 1 saturated carbocycles. The van der Waals surface area contributed by atoms with Gasteiger partial charge in [-0.1, -0.05) is 12.1 Å². The number of alkyl halides is 4. The Bertz CT molecular complexity index is 763. The lowest BCUT2D eigenvalue weighted by molar-refractivity contribution is -0.181. The predicted molar refractivity (Wildman–Crippen MR) is 73.5 cm³/mol. The number of rotatable bonds is 2. The summed E-state index contributed by atoms with van der Waals surface area (Å²) >= 11 is 5.98. The molecule has 1 aromatic heterocycles. The van der Waals surface area contributed by atoms with Gasteiger partial charge in [0.1, 0.15) is 11.4 Å². The van der Waals surface area contributed by atoms with E-state index in [1.807, 2.05) is 0 Å². The maximum atomic E-state index is 13.4. The number of hydrogen-bond acceptors (Lipinski definition) is 2. The molecule has 0 spiro atoms. The molecule has 0 amide bonds. The van der Waals surface area contributed by atoms with Crippen molar-refractivity contribution < 1.29 is 13.2 Å². The number of benzene rings is 1. The minimum atomic E-state index is -4.50. The van der Waals surface area contributed by atoms with Crippen LogP contribution in [0.5, 0.6) is 0 Å². The largest absolute Gasteiger partial charge is 0.412 e. The summed E-state index contributed by atoms with van der Waals surface area (Å²) in [4.78, 5) is 16.7. The van der Waals surface area contributed by atoms with Crippen molar-refractivity contribution in [2.24, 2.45) is 0 Å². The summed E-state index contributed by atoms with van der Waals surface area (Å²) in [6.07, 6.45) is -4.73. The highest BCUT2D eigenvalue weighted by Gasteiger charge is 2.66. The molecule has 21 heavy (non-hydrogen) atoms.